The summed E-state index contributed by atoms with van der Waals surface area (Å²) < 4.78 is 25.9. The van der Waals surface area contributed by atoms with Crippen LogP contribution in [0.25, 0.3) is 0 Å². The third-order valence-corrected chi connectivity index (χ3v) is 1.45. The predicted molar refractivity (Wildman–Crippen MR) is 45.7 cm³/mol. The summed E-state index contributed by atoms with van der Waals surface area (Å²) in [4.78, 5) is 11.0. The van der Waals surface area contributed by atoms with E-state index in [2.05, 4.69) is 0 Å². The summed E-state index contributed by atoms with van der Waals surface area (Å²) in [5.41, 5.74) is 5.16. The minimum absolute atomic E-state index is 0.295. The molecule has 1 aromatic heterocycles. The number of nitrogens with two attached hydrogens (primary N) is 1. The van der Waals surface area contributed by atoms with Gasteiger partial charge in [-0.3, -0.25) is 4.79 Å². The first-order valence-electron chi connectivity index (χ1n) is 3.72. The Morgan fingerprint density at radius 3 is 2.69 bits per heavy atom. The highest BCUT2D eigenvalue weighted by Crippen LogP contribution is 2.13. The fraction of sp³-hybridized carbons (Fsp3) is 0.375. The quantitative estimate of drug-likeness (QED) is 0.755. The number of nitrogen functional groups attached to an aromatic ring is 1. The summed E-state index contributed by atoms with van der Waals surface area (Å²) >= 11 is 0. The molecule has 1 aromatic rings. The lowest BCUT2D eigenvalue weighted by Crippen LogP contribution is -2.28. The Labute approximate surface area is 73.8 Å². The van der Waals surface area contributed by atoms with Crippen LogP contribution in [0.1, 0.15) is 6.92 Å². The van der Waals surface area contributed by atoms with Gasteiger partial charge in [-0.05, 0) is 6.07 Å². The lowest BCUT2D eigenvalue weighted by atomic mass is 10.3. The maximum Gasteiger partial charge on any atom is 0.263 e. The van der Waals surface area contributed by atoms with Crippen molar-refractivity contribution < 1.29 is 8.78 Å². The molecule has 0 spiro atoms. The second kappa shape index (κ2) is 3.16. The summed E-state index contributed by atoms with van der Waals surface area (Å²) in [6.07, 6.45) is 1.21. The molecular formula is C8H10F2N2O. The summed E-state index contributed by atoms with van der Waals surface area (Å²) in [6, 6.07) is 2.55. The van der Waals surface area contributed by atoms with Gasteiger partial charge in [0.05, 0.1) is 6.54 Å². The maximum atomic E-state index is 12.5. The van der Waals surface area contributed by atoms with Gasteiger partial charge in [0.2, 0.25) is 0 Å². The highest BCUT2D eigenvalue weighted by Gasteiger charge is 2.22. The van der Waals surface area contributed by atoms with E-state index in [4.69, 9.17) is 5.73 Å². The number of alkyl halides is 2. The Kier molecular flexibility index (Phi) is 2.36. The van der Waals surface area contributed by atoms with Gasteiger partial charge in [-0.1, -0.05) is 0 Å². The molecule has 0 radical (unpaired) electrons. The van der Waals surface area contributed by atoms with Crippen molar-refractivity contribution in [1.29, 1.82) is 0 Å². The van der Waals surface area contributed by atoms with E-state index in [0.29, 0.717) is 5.69 Å². The van der Waals surface area contributed by atoms with Crippen LogP contribution >= 0.6 is 0 Å². The van der Waals surface area contributed by atoms with Crippen LogP contribution < -0.4 is 11.3 Å². The van der Waals surface area contributed by atoms with Gasteiger partial charge < -0.3 is 10.3 Å². The van der Waals surface area contributed by atoms with E-state index in [1.807, 2.05) is 0 Å². The molecule has 72 valence electrons. The zero-order valence-electron chi connectivity index (χ0n) is 7.13. The number of pyridine rings is 1. The van der Waals surface area contributed by atoms with Crippen LogP contribution in [0.3, 0.4) is 0 Å². The Hall–Kier alpha value is -1.39. The van der Waals surface area contributed by atoms with Crippen molar-refractivity contribution in [3.8, 4) is 0 Å². The molecule has 0 amide bonds. The third kappa shape index (κ3) is 2.85. The van der Waals surface area contributed by atoms with Crippen LogP contribution in [-0.4, -0.2) is 10.5 Å². The highest BCUT2D eigenvalue weighted by atomic mass is 19.3. The van der Waals surface area contributed by atoms with E-state index in [9.17, 15) is 13.6 Å². The van der Waals surface area contributed by atoms with Crippen LogP contribution in [0.5, 0.6) is 0 Å². The van der Waals surface area contributed by atoms with E-state index in [0.717, 1.165) is 11.5 Å². The smallest absolute Gasteiger partial charge is 0.263 e. The first-order valence-corrected chi connectivity index (χ1v) is 3.72. The summed E-state index contributed by atoms with van der Waals surface area (Å²) in [5, 5.41) is 0. The van der Waals surface area contributed by atoms with Gasteiger partial charge >= 0.3 is 0 Å². The maximum absolute atomic E-state index is 12.5. The number of aromatic nitrogens is 1. The molecule has 0 atom stereocenters. The molecule has 0 aliphatic carbocycles. The SMILES string of the molecule is CC(F)(F)Cn1cc(N)ccc1=O. The molecule has 13 heavy (non-hydrogen) atoms. The molecule has 0 unspecified atom stereocenters. The lowest BCUT2D eigenvalue weighted by Gasteiger charge is -2.12. The van der Waals surface area contributed by atoms with Crippen LogP contribution in [0.2, 0.25) is 0 Å². The molecule has 1 heterocycles. The van der Waals surface area contributed by atoms with Crippen molar-refractivity contribution in [3.05, 3.63) is 28.7 Å². The first kappa shape index (κ1) is 9.70. The van der Waals surface area contributed by atoms with Gasteiger partial charge in [0.15, 0.2) is 0 Å². The van der Waals surface area contributed by atoms with Crippen LogP contribution in [0.4, 0.5) is 14.5 Å². The van der Waals surface area contributed by atoms with Gasteiger partial charge in [-0.25, -0.2) is 8.78 Å². The normalized spacial score (nSPS) is 11.6. The summed E-state index contributed by atoms with van der Waals surface area (Å²) in [7, 11) is 0. The number of nitrogens with zero attached hydrogens (tertiary/aromatic N) is 1. The Morgan fingerprint density at radius 1 is 1.54 bits per heavy atom. The van der Waals surface area contributed by atoms with Gasteiger partial charge in [-0.15, -0.1) is 0 Å². The topological polar surface area (TPSA) is 48.0 Å². The fourth-order valence-electron chi connectivity index (χ4n) is 0.973. The Bertz CT molecular complexity index is 354. The van der Waals surface area contributed by atoms with Crippen LogP contribution in [0, 0.1) is 0 Å². The number of halogens is 2. The monoisotopic (exact) mass is 188 g/mol. The van der Waals surface area contributed by atoms with E-state index in [-0.39, 0.29) is 0 Å². The average molecular weight is 188 g/mol. The van der Waals surface area contributed by atoms with Crippen molar-refractivity contribution in [2.24, 2.45) is 0 Å². The van der Waals surface area contributed by atoms with Crippen molar-refractivity contribution in [1.82, 2.24) is 4.57 Å². The first-order chi connectivity index (χ1) is 5.88. The minimum Gasteiger partial charge on any atom is -0.398 e. The molecular weight excluding hydrogens is 178 g/mol. The van der Waals surface area contributed by atoms with Gasteiger partial charge in [0.25, 0.3) is 11.5 Å². The van der Waals surface area contributed by atoms with E-state index < -0.39 is 18.0 Å². The molecule has 0 saturated carbocycles. The lowest BCUT2D eigenvalue weighted by molar-refractivity contribution is 0.00302. The molecule has 1 rings (SSSR count). The highest BCUT2D eigenvalue weighted by molar-refractivity contribution is 5.33. The minimum atomic E-state index is -2.91. The van der Waals surface area contributed by atoms with Crippen molar-refractivity contribution >= 4 is 5.69 Å². The van der Waals surface area contributed by atoms with Gasteiger partial charge in [0.1, 0.15) is 0 Å². The number of hydrogen-bond donors (Lipinski definition) is 1. The predicted octanol–water partition coefficient (Wildman–Crippen LogP) is 1.09. The second-order valence-corrected chi connectivity index (χ2v) is 3.00. The molecule has 2 N–H and O–H groups in total. The number of anilines is 1. The summed E-state index contributed by atoms with van der Waals surface area (Å²) in [6.45, 7) is 0.111. The van der Waals surface area contributed by atoms with E-state index in [1.54, 1.807) is 0 Å². The molecule has 0 saturated heterocycles. The number of rotatable bonds is 2. The largest absolute Gasteiger partial charge is 0.398 e. The van der Waals surface area contributed by atoms with E-state index >= 15 is 0 Å². The Morgan fingerprint density at radius 2 is 2.15 bits per heavy atom. The van der Waals surface area contributed by atoms with Crippen molar-refractivity contribution in [3.63, 3.8) is 0 Å². The van der Waals surface area contributed by atoms with Crippen LogP contribution in [0.15, 0.2) is 23.1 Å². The molecule has 3 nitrogen and oxygen atoms in total. The van der Waals surface area contributed by atoms with Gasteiger partial charge in [-0.2, -0.15) is 0 Å². The molecule has 0 aliphatic rings. The standard InChI is InChI=1S/C8H10F2N2O/c1-8(9,10)5-12-4-6(11)2-3-7(12)13/h2-4H,5,11H2,1H3. The second-order valence-electron chi connectivity index (χ2n) is 3.00. The zero-order valence-corrected chi connectivity index (χ0v) is 7.13. The Balaban J connectivity index is 3.01. The fourth-order valence-corrected chi connectivity index (χ4v) is 0.973. The summed E-state index contributed by atoms with van der Waals surface area (Å²) in [5.74, 6) is -2.91. The molecule has 5 heteroatoms. The van der Waals surface area contributed by atoms with Crippen molar-refractivity contribution in [2.45, 2.75) is 19.4 Å². The van der Waals surface area contributed by atoms with Gasteiger partial charge in [0, 0.05) is 24.9 Å². The average Bonchev–Trinajstić information content (AvgIpc) is 1.94. The molecule has 0 aliphatic heterocycles. The number of hydrogen-bond acceptors (Lipinski definition) is 2. The van der Waals surface area contributed by atoms with Crippen LogP contribution in [-0.2, 0) is 6.54 Å². The van der Waals surface area contributed by atoms with E-state index in [1.165, 1.54) is 18.3 Å². The molecule has 0 aromatic carbocycles. The molecule has 0 fully saturated rings. The van der Waals surface area contributed by atoms with Crippen molar-refractivity contribution in [2.75, 3.05) is 5.73 Å². The molecule has 0 bridgehead atoms. The zero-order chi connectivity index (χ0) is 10.1. The third-order valence-electron chi connectivity index (χ3n) is 1.45.